The summed E-state index contributed by atoms with van der Waals surface area (Å²) in [5, 5.41) is 4.54. The molecule has 0 aliphatic carbocycles. The smallest absolute Gasteiger partial charge is 0.340 e. The summed E-state index contributed by atoms with van der Waals surface area (Å²) in [6.45, 7) is 4.07. The molecule has 5 rings (SSSR count). The summed E-state index contributed by atoms with van der Waals surface area (Å²) in [6.07, 6.45) is 1.61. The summed E-state index contributed by atoms with van der Waals surface area (Å²) >= 11 is 0. The molecule has 0 bridgehead atoms. The first-order valence-corrected chi connectivity index (χ1v) is 10.7. The van der Waals surface area contributed by atoms with Crippen LogP contribution >= 0.6 is 0 Å². The molecule has 0 saturated heterocycles. The second-order valence-corrected chi connectivity index (χ2v) is 8.01. The zero-order valence-corrected chi connectivity index (χ0v) is 18.3. The van der Waals surface area contributed by atoms with Crippen molar-refractivity contribution < 1.29 is 13.6 Å². The lowest BCUT2D eigenvalue weighted by Gasteiger charge is -2.09. The third-order valence-electron chi connectivity index (χ3n) is 5.86. The number of amides is 1. The second-order valence-electron chi connectivity index (χ2n) is 8.01. The number of hydrogen-bond acceptors (Lipinski definition) is 5. The number of rotatable bonds is 5. The lowest BCUT2D eigenvalue weighted by atomic mass is 9.98. The minimum Gasteiger partial charge on any atom is -0.461 e. The highest BCUT2D eigenvalue weighted by Crippen LogP contribution is 2.37. The van der Waals surface area contributed by atoms with Crippen molar-refractivity contribution >= 4 is 27.8 Å². The van der Waals surface area contributed by atoms with Gasteiger partial charge < -0.3 is 14.2 Å². The summed E-state index contributed by atoms with van der Waals surface area (Å²) < 4.78 is 11.6. The van der Waals surface area contributed by atoms with E-state index in [2.05, 4.69) is 10.3 Å². The van der Waals surface area contributed by atoms with Gasteiger partial charge in [-0.2, -0.15) is 0 Å². The maximum Gasteiger partial charge on any atom is 0.340 e. The van der Waals surface area contributed by atoms with E-state index in [9.17, 15) is 9.59 Å². The van der Waals surface area contributed by atoms with Crippen LogP contribution in [0.3, 0.4) is 0 Å². The largest absolute Gasteiger partial charge is 0.461 e. The maximum absolute atomic E-state index is 12.7. The SMILES string of the molecule is Cc1oc2cc3oc(=O)c(CC(=O)NCc4ccccn4)c(C)c3cc2c1-c1ccccc1. The van der Waals surface area contributed by atoms with Crippen molar-refractivity contribution in [2.24, 2.45) is 0 Å². The van der Waals surface area contributed by atoms with Crippen LogP contribution in [0.4, 0.5) is 0 Å². The first-order chi connectivity index (χ1) is 16.0. The van der Waals surface area contributed by atoms with Crippen molar-refractivity contribution in [3.05, 3.63) is 99.9 Å². The molecule has 164 valence electrons. The zero-order chi connectivity index (χ0) is 22.9. The molecule has 0 spiro atoms. The number of aromatic nitrogens is 1. The molecule has 3 heterocycles. The third kappa shape index (κ3) is 3.91. The number of hydrogen-bond donors (Lipinski definition) is 1. The Morgan fingerprint density at radius 3 is 2.45 bits per heavy atom. The van der Waals surface area contributed by atoms with Crippen LogP contribution in [0.1, 0.15) is 22.6 Å². The summed E-state index contributed by atoms with van der Waals surface area (Å²) in [5.74, 6) is 0.529. The third-order valence-corrected chi connectivity index (χ3v) is 5.86. The van der Waals surface area contributed by atoms with Crippen molar-refractivity contribution in [2.45, 2.75) is 26.8 Å². The number of fused-ring (bicyclic) bond motifs is 2. The Balaban J connectivity index is 1.53. The fourth-order valence-corrected chi connectivity index (χ4v) is 4.18. The van der Waals surface area contributed by atoms with Crippen LogP contribution in [-0.2, 0) is 17.8 Å². The predicted molar refractivity (Wildman–Crippen MR) is 127 cm³/mol. The topological polar surface area (TPSA) is 85.3 Å². The van der Waals surface area contributed by atoms with Crippen molar-refractivity contribution in [3.8, 4) is 11.1 Å². The van der Waals surface area contributed by atoms with Crippen LogP contribution in [-0.4, -0.2) is 10.9 Å². The summed E-state index contributed by atoms with van der Waals surface area (Å²) in [6, 6.07) is 19.3. The second kappa shape index (κ2) is 8.39. The van der Waals surface area contributed by atoms with E-state index in [-0.39, 0.29) is 12.3 Å². The zero-order valence-electron chi connectivity index (χ0n) is 18.3. The first-order valence-electron chi connectivity index (χ1n) is 10.7. The molecule has 33 heavy (non-hydrogen) atoms. The van der Waals surface area contributed by atoms with Gasteiger partial charge in [0, 0.05) is 28.6 Å². The minimum atomic E-state index is -0.515. The Kier molecular flexibility index (Phi) is 5.26. The van der Waals surface area contributed by atoms with E-state index in [0.29, 0.717) is 23.3 Å². The van der Waals surface area contributed by atoms with E-state index in [1.165, 1.54) is 0 Å². The van der Waals surface area contributed by atoms with Crippen LogP contribution in [0, 0.1) is 13.8 Å². The number of furan rings is 1. The average molecular weight is 438 g/mol. The monoisotopic (exact) mass is 438 g/mol. The molecule has 0 radical (unpaired) electrons. The molecule has 0 saturated carbocycles. The van der Waals surface area contributed by atoms with Crippen molar-refractivity contribution in [1.29, 1.82) is 0 Å². The molecule has 0 atom stereocenters. The van der Waals surface area contributed by atoms with Gasteiger partial charge in [0.1, 0.15) is 16.9 Å². The van der Waals surface area contributed by atoms with Crippen molar-refractivity contribution in [2.75, 3.05) is 0 Å². The van der Waals surface area contributed by atoms with Gasteiger partial charge in [0.05, 0.1) is 24.2 Å². The highest BCUT2D eigenvalue weighted by atomic mass is 16.4. The van der Waals surface area contributed by atoms with E-state index in [4.69, 9.17) is 8.83 Å². The molecule has 0 aliphatic rings. The number of benzene rings is 2. The Hall–Kier alpha value is -4.19. The molecule has 0 unspecified atom stereocenters. The van der Waals surface area contributed by atoms with Gasteiger partial charge in [0.2, 0.25) is 5.91 Å². The maximum atomic E-state index is 12.7. The van der Waals surface area contributed by atoms with Crippen LogP contribution in [0.25, 0.3) is 33.1 Å². The van der Waals surface area contributed by atoms with Gasteiger partial charge in [0.25, 0.3) is 0 Å². The molecule has 1 N–H and O–H groups in total. The van der Waals surface area contributed by atoms with Crippen LogP contribution in [0.5, 0.6) is 0 Å². The van der Waals surface area contributed by atoms with Gasteiger partial charge in [0.15, 0.2) is 0 Å². The molecule has 2 aromatic carbocycles. The number of carbonyl (C=O) groups is 1. The van der Waals surface area contributed by atoms with E-state index >= 15 is 0 Å². The van der Waals surface area contributed by atoms with E-state index in [1.54, 1.807) is 12.3 Å². The highest BCUT2D eigenvalue weighted by Gasteiger charge is 2.19. The Bertz CT molecular complexity index is 1530. The predicted octanol–water partition coefficient (Wildman–Crippen LogP) is 5.08. The molecule has 1 amide bonds. The Morgan fingerprint density at radius 2 is 1.70 bits per heavy atom. The first kappa shape index (κ1) is 20.7. The fraction of sp³-hybridized carbons (Fsp3) is 0.148. The van der Waals surface area contributed by atoms with Gasteiger partial charge in [-0.15, -0.1) is 0 Å². The van der Waals surface area contributed by atoms with Crippen molar-refractivity contribution in [1.82, 2.24) is 10.3 Å². The summed E-state index contributed by atoms with van der Waals surface area (Å²) in [7, 11) is 0. The van der Waals surface area contributed by atoms with E-state index < -0.39 is 5.63 Å². The molecule has 6 nitrogen and oxygen atoms in total. The van der Waals surface area contributed by atoms with Crippen LogP contribution < -0.4 is 10.9 Å². The number of aryl methyl sites for hydroxylation is 2. The number of nitrogens with one attached hydrogen (secondary N) is 1. The summed E-state index contributed by atoms with van der Waals surface area (Å²) in [4.78, 5) is 29.4. The average Bonchev–Trinajstić information content (AvgIpc) is 3.15. The van der Waals surface area contributed by atoms with Gasteiger partial charge in [-0.05, 0) is 43.2 Å². The van der Waals surface area contributed by atoms with E-state index in [1.807, 2.05) is 68.4 Å². The molecular formula is C27H22N2O4. The van der Waals surface area contributed by atoms with Crippen LogP contribution in [0.15, 0.2) is 80.5 Å². The lowest BCUT2D eigenvalue weighted by molar-refractivity contribution is -0.120. The number of nitrogens with zero attached hydrogens (tertiary/aromatic N) is 1. The molecule has 0 fully saturated rings. The van der Waals surface area contributed by atoms with E-state index in [0.717, 1.165) is 38.9 Å². The van der Waals surface area contributed by atoms with Gasteiger partial charge in [-0.1, -0.05) is 36.4 Å². The van der Waals surface area contributed by atoms with Crippen LogP contribution in [0.2, 0.25) is 0 Å². The molecular weight excluding hydrogens is 416 g/mol. The van der Waals surface area contributed by atoms with Crippen molar-refractivity contribution in [3.63, 3.8) is 0 Å². The van der Waals surface area contributed by atoms with Gasteiger partial charge in [-0.25, -0.2) is 4.79 Å². The number of pyridine rings is 1. The molecule has 0 aliphatic heterocycles. The summed E-state index contributed by atoms with van der Waals surface area (Å²) in [5.41, 5.74) is 4.47. The Morgan fingerprint density at radius 1 is 0.939 bits per heavy atom. The molecule has 6 heteroatoms. The standard InChI is InChI=1S/C27H22N2O4/c1-16-20-12-22-24(32-17(2)26(22)18-8-4-3-5-9-18)14-23(20)33-27(31)21(16)13-25(30)29-15-19-10-6-7-11-28-19/h3-12,14H,13,15H2,1-2H3,(H,29,30). The highest BCUT2D eigenvalue weighted by molar-refractivity contribution is 6.03. The van der Waals surface area contributed by atoms with Gasteiger partial charge >= 0.3 is 5.63 Å². The lowest BCUT2D eigenvalue weighted by Crippen LogP contribution is -2.27. The minimum absolute atomic E-state index is 0.0645. The molecule has 3 aromatic heterocycles. The fourth-order valence-electron chi connectivity index (χ4n) is 4.18. The Labute approximate surface area is 189 Å². The molecule has 5 aromatic rings. The normalized spacial score (nSPS) is 11.2. The van der Waals surface area contributed by atoms with Gasteiger partial charge in [-0.3, -0.25) is 9.78 Å². The number of carbonyl (C=O) groups excluding carboxylic acids is 1. The quantitative estimate of drug-likeness (QED) is 0.387.